The summed E-state index contributed by atoms with van der Waals surface area (Å²) in [6.45, 7) is 0. The van der Waals surface area contributed by atoms with Crippen molar-refractivity contribution in [2.45, 2.75) is 101 Å². The molecule has 0 radical (unpaired) electrons. The Morgan fingerprint density at radius 3 is 0.500 bits per heavy atom. The van der Waals surface area contributed by atoms with Crippen LogP contribution in [0.25, 0.3) is 0 Å². The Morgan fingerprint density at radius 1 is 0.250 bits per heavy atom. The van der Waals surface area contributed by atoms with Crippen molar-refractivity contribution in [3.63, 3.8) is 0 Å². The van der Waals surface area contributed by atoms with Gasteiger partial charge in [-0.1, -0.05) is 0 Å². The molecular weight excluding hydrogens is 925 g/mol. The Morgan fingerprint density at radius 2 is 0.375 bits per heavy atom. The molecule has 0 aromatic carbocycles. The van der Waals surface area contributed by atoms with E-state index in [9.17, 15) is 158 Å². The summed E-state index contributed by atoms with van der Waals surface area (Å²) in [5, 5.41) is 0. The number of rotatable bonds is 16. The second-order valence-electron chi connectivity index (χ2n) is 10.2. The largest absolute Gasteiger partial charge is 0.464 e. The quantitative estimate of drug-likeness (QED) is 0.114. The maximum Gasteiger partial charge on any atom is 0.460 e. The summed E-state index contributed by atoms with van der Waals surface area (Å²) < 4.78 is 474. The number of hydrogen-bond donors (Lipinski definition) is 0. The molecule has 0 atom stereocenters. The molecule has 0 unspecified atom stereocenters. The third-order valence-corrected chi connectivity index (χ3v) is 6.71. The third-order valence-electron chi connectivity index (χ3n) is 6.71. The van der Waals surface area contributed by atoms with Gasteiger partial charge in [0.25, 0.3) is 0 Å². The topological polar surface area (TPSA) is 26.3 Å². The molecule has 0 bridgehead atoms. The Balaban J connectivity index is 7.83. The summed E-state index contributed by atoms with van der Waals surface area (Å²) in [7, 11) is -0.586. The standard InChI is InChI=1S/C19H3F35O2/c1-56-2(55)3(20,21)4(22,23)5(24,25)6(26,27)7(28,29)8(30,31)9(32,33)10(34,35)11(36,37)12(38,39)13(40,41)14(42,43)15(44,45)16(46,47)17(48,49)18(50,51)19(52,53)54/h1H3. The van der Waals surface area contributed by atoms with Gasteiger partial charge in [0.2, 0.25) is 0 Å². The van der Waals surface area contributed by atoms with Crippen LogP contribution < -0.4 is 0 Å². The van der Waals surface area contributed by atoms with Gasteiger partial charge in [0.15, 0.2) is 0 Å². The lowest BCUT2D eigenvalue weighted by atomic mass is 9.82. The summed E-state index contributed by atoms with van der Waals surface area (Å²) in [6.07, 6.45) is -8.44. The van der Waals surface area contributed by atoms with Crippen molar-refractivity contribution in [1.29, 1.82) is 0 Å². The summed E-state index contributed by atoms with van der Waals surface area (Å²) in [6, 6.07) is 0. The highest BCUT2D eigenvalue weighted by Crippen LogP contribution is 2.70. The average Bonchev–Trinajstić information content (AvgIpc) is 2.98. The summed E-state index contributed by atoms with van der Waals surface area (Å²) >= 11 is 0. The minimum absolute atomic E-state index is 0.586. The van der Waals surface area contributed by atoms with Crippen LogP contribution in [0.2, 0.25) is 0 Å². The lowest BCUT2D eigenvalue weighted by molar-refractivity contribution is -0.492. The maximum absolute atomic E-state index is 13.9. The number of ether oxygens (including phenoxy) is 1. The van der Waals surface area contributed by atoms with E-state index in [1.807, 2.05) is 0 Å². The fraction of sp³-hybridized carbons (Fsp3) is 0.947. The van der Waals surface area contributed by atoms with Crippen molar-refractivity contribution in [2.24, 2.45) is 0 Å². The van der Waals surface area contributed by atoms with Gasteiger partial charge in [0, 0.05) is 0 Å². The van der Waals surface area contributed by atoms with Crippen LogP contribution >= 0.6 is 0 Å². The molecule has 0 aromatic heterocycles. The molecule has 0 aromatic rings. The highest BCUT2D eigenvalue weighted by atomic mass is 19.4. The van der Waals surface area contributed by atoms with Gasteiger partial charge in [-0.15, -0.1) is 0 Å². The Kier molecular flexibility index (Phi) is 12.1. The molecule has 0 heterocycles. The van der Waals surface area contributed by atoms with Gasteiger partial charge in [-0.05, 0) is 0 Å². The molecule has 0 saturated carbocycles. The average molecular weight is 928 g/mol. The Hall–Kier alpha value is -2.98. The molecular formula is C19H3F35O2. The van der Waals surface area contributed by atoms with Gasteiger partial charge >= 0.3 is 107 Å². The van der Waals surface area contributed by atoms with E-state index in [2.05, 4.69) is 4.74 Å². The molecule has 0 aliphatic carbocycles. The van der Waals surface area contributed by atoms with E-state index < -0.39 is 114 Å². The van der Waals surface area contributed by atoms with Crippen molar-refractivity contribution in [2.75, 3.05) is 7.11 Å². The van der Waals surface area contributed by atoms with E-state index in [1.54, 1.807) is 0 Å². The van der Waals surface area contributed by atoms with Gasteiger partial charge in [-0.25, -0.2) is 4.79 Å². The number of hydrogen-bond acceptors (Lipinski definition) is 2. The predicted molar refractivity (Wildman–Crippen MR) is 97.2 cm³/mol. The first kappa shape index (κ1) is 53.0. The molecule has 2 nitrogen and oxygen atoms in total. The summed E-state index contributed by atoms with van der Waals surface area (Å²) in [5.74, 6) is -160. The van der Waals surface area contributed by atoms with E-state index in [4.69, 9.17) is 0 Å². The van der Waals surface area contributed by atoms with Gasteiger partial charge in [-0.2, -0.15) is 154 Å². The molecule has 0 amide bonds. The molecule has 0 fully saturated rings. The van der Waals surface area contributed by atoms with Crippen molar-refractivity contribution < 1.29 is 163 Å². The first-order chi connectivity index (χ1) is 23.5. The van der Waals surface area contributed by atoms with Crippen LogP contribution in [0.1, 0.15) is 0 Å². The molecule has 0 N–H and O–H groups in total. The van der Waals surface area contributed by atoms with Crippen LogP contribution in [-0.4, -0.2) is 114 Å². The fourth-order valence-electron chi connectivity index (χ4n) is 3.19. The molecule has 0 rings (SSSR count). The zero-order chi connectivity index (χ0) is 46.8. The molecule has 0 aliphatic heterocycles. The van der Waals surface area contributed by atoms with Crippen LogP contribution in [0, 0.1) is 0 Å². The Labute approximate surface area is 278 Å². The highest BCUT2D eigenvalue weighted by Gasteiger charge is 3.02. The smallest absolute Gasteiger partial charge is 0.460 e. The lowest BCUT2D eigenvalue weighted by Gasteiger charge is -2.47. The molecule has 336 valence electrons. The fourth-order valence-corrected chi connectivity index (χ4v) is 3.19. The van der Waals surface area contributed by atoms with Crippen molar-refractivity contribution in [3.05, 3.63) is 0 Å². The van der Waals surface area contributed by atoms with E-state index >= 15 is 0 Å². The number of alkyl halides is 35. The zero-order valence-electron chi connectivity index (χ0n) is 24.0. The van der Waals surface area contributed by atoms with Gasteiger partial charge in [-0.3, -0.25) is 0 Å². The second kappa shape index (κ2) is 12.8. The number of carbonyl (C=O) groups is 1. The summed E-state index contributed by atoms with van der Waals surface area (Å²) in [5.41, 5.74) is 0. The molecule has 0 aliphatic rings. The van der Waals surface area contributed by atoms with Crippen LogP contribution in [0.4, 0.5) is 154 Å². The molecule has 37 heteroatoms. The number of esters is 1. The third kappa shape index (κ3) is 5.75. The minimum Gasteiger partial charge on any atom is -0.464 e. The van der Waals surface area contributed by atoms with Crippen molar-refractivity contribution in [1.82, 2.24) is 0 Å². The van der Waals surface area contributed by atoms with Crippen molar-refractivity contribution in [3.8, 4) is 0 Å². The Bertz CT molecular complexity index is 1460. The number of halogens is 35. The van der Waals surface area contributed by atoms with Gasteiger partial charge in [0.05, 0.1) is 7.11 Å². The highest BCUT2D eigenvalue weighted by molar-refractivity contribution is 5.79. The van der Waals surface area contributed by atoms with Gasteiger partial charge in [0.1, 0.15) is 0 Å². The monoisotopic (exact) mass is 928 g/mol. The van der Waals surface area contributed by atoms with E-state index in [0.717, 1.165) is 0 Å². The van der Waals surface area contributed by atoms with E-state index in [-0.39, 0.29) is 0 Å². The molecule has 56 heavy (non-hydrogen) atoms. The van der Waals surface area contributed by atoms with Crippen molar-refractivity contribution >= 4 is 5.97 Å². The van der Waals surface area contributed by atoms with Gasteiger partial charge < -0.3 is 4.74 Å². The SMILES string of the molecule is COC(=O)C(F)(F)C(F)(F)C(F)(F)C(F)(F)C(F)(F)C(F)(F)C(F)(F)C(F)(F)C(F)(F)C(F)(F)C(F)(F)C(F)(F)C(F)(F)C(F)(F)C(F)(F)C(F)(F)C(F)(F)F. The van der Waals surface area contributed by atoms with Crippen LogP contribution in [0.3, 0.4) is 0 Å². The second-order valence-corrected chi connectivity index (χ2v) is 10.2. The van der Waals surface area contributed by atoms with Crippen LogP contribution in [0.5, 0.6) is 0 Å². The molecule has 0 spiro atoms. The number of methoxy groups -OCH3 is 1. The molecule has 0 saturated heterocycles. The lowest BCUT2D eigenvalue weighted by Crippen LogP contribution is -2.80. The first-order valence-electron chi connectivity index (χ1n) is 11.7. The first-order valence-corrected chi connectivity index (χ1v) is 11.7. The maximum atomic E-state index is 13.9. The van der Waals surface area contributed by atoms with E-state index in [1.165, 1.54) is 0 Å². The predicted octanol–water partition coefficient (Wildman–Crippen LogP) is 10.9. The van der Waals surface area contributed by atoms with Crippen LogP contribution in [0.15, 0.2) is 0 Å². The van der Waals surface area contributed by atoms with E-state index in [0.29, 0.717) is 0 Å². The van der Waals surface area contributed by atoms with Crippen LogP contribution in [-0.2, 0) is 9.53 Å². The zero-order valence-corrected chi connectivity index (χ0v) is 24.0. The summed E-state index contributed by atoms with van der Waals surface area (Å²) in [4.78, 5) is 10.5. The number of carbonyl (C=O) groups excluding carboxylic acids is 1. The minimum atomic E-state index is -10.4. The normalized spacial score (nSPS) is 17.0.